The van der Waals surface area contributed by atoms with Gasteiger partial charge in [0.15, 0.2) is 0 Å². The standard InChI is InChI=1S/C11H16F3NO/c1-3-5-7-15-8-10(16)9(6-4-2)11(12,13)14/h4,6,8,15-16H,2-3,5,7H2,1H3/b9-6+,10-8-. The molecule has 0 aromatic heterocycles. The molecule has 0 saturated heterocycles. The Kier molecular flexibility index (Phi) is 6.37. The van der Waals surface area contributed by atoms with Crippen LogP contribution < -0.4 is 5.32 Å². The van der Waals surface area contributed by atoms with Crippen molar-refractivity contribution in [2.75, 3.05) is 6.54 Å². The van der Waals surface area contributed by atoms with Crippen LogP contribution in [0, 0.1) is 0 Å². The van der Waals surface area contributed by atoms with Crippen LogP contribution >= 0.6 is 0 Å². The lowest BCUT2D eigenvalue weighted by Crippen LogP contribution is -2.16. The second-order valence-corrected chi connectivity index (χ2v) is 3.15. The first kappa shape index (κ1) is 14.6. The molecule has 0 amide bonds. The van der Waals surface area contributed by atoms with Gasteiger partial charge >= 0.3 is 6.18 Å². The molecule has 0 saturated carbocycles. The van der Waals surface area contributed by atoms with Gasteiger partial charge in [0.25, 0.3) is 0 Å². The van der Waals surface area contributed by atoms with E-state index in [-0.39, 0.29) is 0 Å². The van der Waals surface area contributed by atoms with Crippen LogP contribution in [0.3, 0.4) is 0 Å². The molecule has 0 spiro atoms. The van der Waals surface area contributed by atoms with Crippen molar-refractivity contribution >= 4 is 0 Å². The van der Waals surface area contributed by atoms with E-state index in [1.165, 1.54) is 0 Å². The highest BCUT2D eigenvalue weighted by Crippen LogP contribution is 2.29. The fourth-order valence-electron chi connectivity index (χ4n) is 0.968. The van der Waals surface area contributed by atoms with E-state index in [0.717, 1.165) is 31.2 Å². The van der Waals surface area contributed by atoms with Crippen molar-refractivity contribution in [1.29, 1.82) is 0 Å². The molecule has 0 aliphatic heterocycles. The zero-order valence-electron chi connectivity index (χ0n) is 9.14. The van der Waals surface area contributed by atoms with Crippen molar-refractivity contribution in [3.63, 3.8) is 0 Å². The van der Waals surface area contributed by atoms with Gasteiger partial charge in [0, 0.05) is 12.7 Å². The second-order valence-electron chi connectivity index (χ2n) is 3.15. The van der Waals surface area contributed by atoms with Crippen LogP contribution in [0.4, 0.5) is 13.2 Å². The van der Waals surface area contributed by atoms with E-state index in [4.69, 9.17) is 0 Å². The zero-order valence-corrected chi connectivity index (χ0v) is 9.14. The summed E-state index contributed by atoms with van der Waals surface area (Å²) < 4.78 is 37.2. The van der Waals surface area contributed by atoms with Crippen LogP contribution in [0.2, 0.25) is 0 Å². The number of aliphatic hydroxyl groups is 1. The molecule has 0 atom stereocenters. The summed E-state index contributed by atoms with van der Waals surface area (Å²) >= 11 is 0. The van der Waals surface area contributed by atoms with E-state index >= 15 is 0 Å². The minimum Gasteiger partial charge on any atom is -0.506 e. The van der Waals surface area contributed by atoms with Gasteiger partial charge in [-0.3, -0.25) is 0 Å². The molecule has 0 bridgehead atoms. The third-order valence-corrected chi connectivity index (χ3v) is 1.78. The predicted octanol–water partition coefficient (Wildman–Crippen LogP) is 3.45. The number of aliphatic hydroxyl groups excluding tert-OH is 1. The third kappa shape index (κ3) is 5.48. The van der Waals surface area contributed by atoms with Crippen molar-refractivity contribution < 1.29 is 18.3 Å². The molecule has 2 nitrogen and oxygen atoms in total. The van der Waals surface area contributed by atoms with Crippen molar-refractivity contribution in [2.24, 2.45) is 0 Å². The molecule has 2 N–H and O–H groups in total. The van der Waals surface area contributed by atoms with Crippen molar-refractivity contribution in [3.8, 4) is 0 Å². The van der Waals surface area contributed by atoms with Gasteiger partial charge < -0.3 is 10.4 Å². The van der Waals surface area contributed by atoms with Gasteiger partial charge in [-0.15, -0.1) is 0 Å². The van der Waals surface area contributed by atoms with E-state index in [2.05, 4.69) is 11.9 Å². The van der Waals surface area contributed by atoms with E-state index in [1.54, 1.807) is 0 Å². The van der Waals surface area contributed by atoms with Crippen LogP contribution in [0.1, 0.15) is 19.8 Å². The lowest BCUT2D eigenvalue weighted by molar-refractivity contribution is -0.0924. The fourth-order valence-corrected chi connectivity index (χ4v) is 0.968. The summed E-state index contributed by atoms with van der Waals surface area (Å²) in [5, 5.41) is 11.8. The average Bonchev–Trinajstić information content (AvgIpc) is 2.19. The number of rotatable bonds is 6. The van der Waals surface area contributed by atoms with Crippen LogP contribution in [0.25, 0.3) is 0 Å². The smallest absolute Gasteiger partial charge is 0.420 e. The molecular formula is C11H16F3NO. The molecular weight excluding hydrogens is 219 g/mol. The lowest BCUT2D eigenvalue weighted by atomic mass is 10.2. The first-order chi connectivity index (χ1) is 7.43. The number of unbranched alkanes of at least 4 members (excludes halogenated alkanes) is 1. The lowest BCUT2D eigenvalue weighted by Gasteiger charge is -2.10. The number of nitrogens with one attached hydrogen (secondary N) is 1. The van der Waals surface area contributed by atoms with Gasteiger partial charge in [-0.05, 0) is 12.5 Å². The Morgan fingerprint density at radius 1 is 1.44 bits per heavy atom. The number of hydrogen-bond donors (Lipinski definition) is 2. The van der Waals surface area contributed by atoms with Crippen LogP contribution in [-0.2, 0) is 0 Å². The molecule has 0 radical (unpaired) electrons. The van der Waals surface area contributed by atoms with Gasteiger partial charge in [-0.2, -0.15) is 13.2 Å². The van der Waals surface area contributed by atoms with Gasteiger partial charge in [0.2, 0.25) is 0 Å². The number of allylic oxidation sites excluding steroid dienone is 3. The topological polar surface area (TPSA) is 32.3 Å². The Balaban J connectivity index is 4.57. The van der Waals surface area contributed by atoms with Crippen molar-refractivity contribution in [3.05, 3.63) is 36.3 Å². The normalized spacial score (nSPS) is 13.8. The van der Waals surface area contributed by atoms with Gasteiger partial charge in [-0.1, -0.05) is 26.0 Å². The third-order valence-electron chi connectivity index (χ3n) is 1.78. The summed E-state index contributed by atoms with van der Waals surface area (Å²) in [4.78, 5) is 0. The minimum atomic E-state index is -4.58. The quantitative estimate of drug-likeness (QED) is 0.420. The Hall–Kier alpha value is -1.39. The molecule has 5 heteroatoms. The van der Waals surface area contributed by atoms with Crippen molar-refractivity contribution in [1.82, 2.24) is 5.32 Å². The van der Waals surface area contributed by atoms with Gasteiger partial charge in [0.05, 0.1) is 5.57 Å². The monoisotopic (exact) mass is 235 g/mol. The Labute approximate surface area is 93.2 Å². The summed E-state index contributed by atoms with van der Waals surface area (Å²) in [5.41, 5.74) is -1.11. The maximum Gasteiger partial charge on any atom is 0.420 e. The molecule has 0 aromatic carbocycles. The molecule has 16 heavy (non-hydrogen) atoms. The van der Waals surface area contributed by atoms with Crippen LogP contribution in [0.5, 0.6) is 0 Å². The molecule has 0 aliphatic carbocycles. The highest BCUT2D eigenvalue weighted by Gasteiger charge is 2.35. The summed E-state index contributed by atoms with van der Waals surface area (Å²) in [6, 6.07) is 0. The molecule has 0 aliphatic rings. The van der Waals surface area contributed by atoms with Gasteiger partial charge in [-0.25, -0.2) is 0 Å². The number of alkyl halides is 3. The van der Waals surface area contributed by atoms with Crippen molar-refractivity contribution in [2.45, 2.75) is 25.9 Å². The molecule has 0 unspecified atom stereocenters. The first-order valence-corrected chi connectivity index (χ1v) is 4.96. The Bertz CT molecular complexity index is 279. The summed E-state index contributed by atoms with van der Waals surface area (Å²) in [7, 11) is 0. The molecule has 0 aromatic rings. The highest BCUT2D eigenvalue weighted by molar-refractivity contribution is 5.31. The van der Waals surface area contributed by atoms with E-state index in [0.29, 0.717) is 6.54 Å². The van der Waals surface area contributed by atoms with E-state index in [1.807, 2.05) is 6.92 Å². The Morgan fingerprint density at radius 3 is 2.50 bits per heavy atom. The number of hydrogen-bond acceptors (Lipinski definition) is 2. The Morgan fingerprint density at radius 2 is 2.06 bits per heavy atom. The van der Waals surface area contributed by atoms with E-state index in [9.17, 15) is 18.3 Å². The molecule has 0 heterocycles. The molecule has 0 fully saturated rings. The van der Waals surface area contributed by atoms with E-state index < -0.39 is 17.5 Å². The predicted molar refractivity (Wildman–Crippen MR) is 58.0 cm³/mol. The molecule has 92 valence electrons. The SMILES string of the molecule is C=C/C=C(\C(O)=C\NCCCC)C(F)(F)F. The fraction of sp³-hybridized carbons (Fsp3) is 0.455. The van der Waals surface area contributed by atoms with Crippen LogP contribution in [-0.4, -0.2) is 17.8 Å². The van der Waals surface area contributed by atoms with Gasteiger partial charge in [0.1, 0.15) is 5.76 Å². The first-order valence-electron chi connectivity index (χ1n) is 4.96. The largest absolute Gasteiger partial charge is 0.506 e. The maximum atomic E-state index is 12.4. The summed E-state index contributed by atoms with van der Waals surface area (Å²) in [5.74, 6) is -0.830. The minimum absolute atomic E-state index is 0.528. The maximum absolute atomic E-state index is 12.4. The second kappa shape index (κ2) is 6.98. The number of halogens is 3. The summed E-state index contributed by atoms with van der Waals surface area (Å²) in [6.07, 6.45) is -0.154. The van der Waals surface area contributed by atoms with Crippen LogP contribution in [0.15, 0.2) is 36.3 Å². The molecule has 0 rings (SSSR count). The zero-order chi connectivity index (χ0) is 12.6. The highest BCUT2D eigenvalue weighted by atomic mass is 19.4. The summed E-state index contributed by atoms with van der Waals surface area (Å²) in [6.45, 7) is 5.66. The average molecular weight is 235 g/mol.